The Morgan fingerprint density at radius 2 is 1.53 bits per heavy atom. The highest BCUT2D eigenvalue weighted by Gasteiger charge is 2.35. The van der Waals surface area contributed by atoms with Gasteiger partial charge in [0.2, 0.25) is 0 Å². The summed E-state index contributed by atoms with van der Waals surface area (Å²) in [6.45, 7) is 1.58. The van der Waals surface area contributed by atoms with Crippen LogP contribution < -0.4 is 4.31 Å². The Morgan fingerprint density at radius 1 is 0.912 bits per heavy atom. The van der Waals surface area contributed by atoms with E-state index >= 15 is 0 Å². The molecule has 0 bridgehead atoms. The summed E-state index contributed by atoms with van der Waals surface area (Å²) in [7, 11) is -2.47. The van der Waals surface area contributed by atoms with Crippen molar-refractivity contribution in [3.05, 3.63) is 95.1 Å². The van der Waals surface area contributed by atoms with E-state index in [1.807, 2.05) is 19.1 Å². The number of ether oxygens (including phenoxy) is 1. The van der Waals surface area contributed by atoms with E-state index in [2.05, 4.69) is 0 Å². The lowest BCUT2D eigenvalue weighted by atomic mass is 10.1. The first-order chi connectivity index (χ1) is 16.2. The Bertz CT molecular complexity index is 1350. The molecule has 0 unspecified atom stereocenters. The summed E-state index contributed by atoms with van der Waals surface area (Å²) in [4.78, 5) is 38.3. The van der Waals surface area contributed by atoms with Crippen LogP contribution in [0.5, 0.6) is 0 Å². The van der Waals surface area contributed by atoms with Gasteiger partial charge in [0.1, 0.15) is 6.61 Å². The number of aryl methyl sites for hydroxylation is 1. The van der Waals surface area contributed by atoms with Crippen molar-refractivity contribution in [3.8, 4) is 0 Å². The number of carbonyl (C=O) groups is 3. The number of hydrogen-bond donors (Lipinski definition) is 0. The van der Waals surface area contributed by atoms with E-state index < -0.39 is 27.8 Å². The molecule has 1 heterocycles. The van der Waals surface area contributed by atoms with Crippen LogP contribution in [0.2, 0.25) is 0 Å². The zero-order chi connectivity index (χ0) is 24.5. The topological polar surface area (TPSA) is 101 Å². The Morgan fingerprint density at radius 3 is 2.15 bits per heavy atom. The molecular formula is C25H22N2O6S. The second-order valence-corrected chi connectivity index (χ2v) is 9.75. The molecule has 9 heteroatoms. The van der Waals surface area contributed by atoms with Gasteiger partial charge in [-0.3, -0.25) is 18.8 Å². The number of rotatable bonds is 7. The molecule has 0 fully saturated rings. The predicted octanol–water partition coefficient (Wildman–Crippen LogP) is 3.27. The molecule has 1 aliphatic rings. The van der Waals surface area contributed by atoms with Gasteiger partial charge < -0.3 is 4.74 Å². The fourth-order valence-corrected chi connectivity index (χ4v) is 4.83. The molecule has 0 saturated heterocycles. The molecule has 0 radical (unpaired) electrons. The molecule has 4 rings (SSSR count). The molecule has 34 heavy (non-hydrogen) atoms. The number of esters is 1. The summed E-state index contributed by atoms with van der Waals surface area (Å²) in [6.07, 6.45) is 0. The number of anilines is 1. The van der Waals surface area contributed by atoms with Crippen LogP contribution in [0.25, 0.3) is 0 Å². The fraction of sp³-hybridized carbons (Fsp3) is 0.160. The molecular weight excluding hydrogens is 456 g/mol. The zero-order valence-corrected chi connectivity index (χ0v) is 19.4. The fourth-order valence-electron chi connectivity index (χ4n) is 3.59. The summed E-state index contributed by atoms with van der Waals surface area (Å²) in [5.74, 6) is -1.64. The van der Waals surface area contributed by atoms with Crippen LogP contribution in [0, 0.1) is 6.92 Å². The first-order valence-corrected chi connectivity index (χ1v) is 11.9. The lowest BCUT2D eigenvalue weighted by Gasteiger charge is -2.20. The molecule has 0 atom stereocenters. The van der Waals surface area contributed by atoms with E-state index in [9.17, 15) is 22.8 Å². The quantitative estimate of drug-likeness (QED) is 0.382. The number of benzene rings is 3. The summed E-state index contributed by atoms with van der Waals surface area (Å²) in [5.41, 5.74) is 2.16. The molecule has 0 spiro atoms. The van der Waals surface area contributed by atoms with E-state index in [1.165, 1.54) is 31.3 Å². The highest BCUT2D eigenvalue weighted by Crippen LogP contribution is 2.24. The van der Waals surface area contributed by atoms with E-state index in [4.69, 9.17) is 4.74 Å². The van der Waals surface area contributed by atoms with Crippen molar-refractivity contribution >= 4 is 33.5 Å². The standard InChI is InChI=1S/C25H22N2O6S/c1-17-10-12-19(13-11-17)26(2)34(31,32)20-7-5-6-18(16-20)25(30)33-15-14-27-23(28)21-8-3-4-9-22(21)24(27)29/h3-13,16H,14-15H2,1-2H3. The molecule has 8 nitrogen and oxygen atoms in total. The molecule has 0 aliphatic carbocycles. The number of nitrogens with zero attached hydrogens (tertiary/aromatic N) is 2. The van der Waals surface area contributed by atoms with Gasteiger partial charge in [-0.2, -0.15) is 0 Å². The summed E-state index contributed by atoms with van der Waals surface area (Å²) < 4.78 is 32.5. The van der Waals surface area contributed by atoms with Crippen molar-refractivity contribution < 1.29 is 27.5 Å². The second kappa shape index (κ2) is 9.11. The van der Waals surface area contributed by atoms with Crippen molar-refractivity contribution in [2.75, 3.05) is 24.5 Å². The zero-order valence-electron chi connectivity index (χ0n) is 18.6. The van der Waals surface area contributed by atoms with Crippen LogP contribution in [-0.4, -0.2) is 51.3 Å². The van der Waals surface area contributed by atoms with E-state index in [0.29, 0.717) is 16.8 Å². The average molecular weight is 479 g/mol. The minimum atomic E-state index is -3.91. The van der Waals surface area contributed by atoms with Crippen LogP contribution in [0.3, 0.4) is 0 Å². The Labute approximate surface area is 197 Å². The summed E-state index contributed by atoms with van der Waals surface area (Å²) in [6, 6.07) is 19.0. The highest BCUT2D eigenvalue weighted by molar-refractivity contribution is 7.92. The third-order valence-corrected chi connectivity index (χ3v) is 7.33. The second-order valence-electron chi connectivity index (χ2n) is 7.78. The molecule has 0 N–H and O–H groups in total. The van der Waals surface area contributed by atoms with Gasteiger partial charge in [0.05, 0.1) is 33.8 Å². The van der Waals surface area contributed by atoms with Gasteiger partial charge in [-0.1, -0.05) is 35.9 Å². The molecule has 0 saturated carbocycles. The van der Waals surface area contributed by atoms with Gasteiger partial charge in [0, 0.05) is 7.05 Å². The van der Waals surface area contributed by atoms with Crippen LogP contribution >= 0.6 is 0 Å². The van der Waals surface area contributed by atoms with E-state index in [0.717, 1.165) is 14.8 Å². The first kappa shape index (κ1) is 23.2. The summed E-state index contributed by atoms with van der Waals surface area (Å²) in [5, 5.41) is 0. The van der Waals surface area contributed by atoms with Crippen molar-refractivity contribution in [1.29, 1.82) is 0 Å². The minimum Gasteiger partial charge on any atom is -0.460 e. The van der Waals surface area contributed by atoms with Gasteiger partial charge in [-0.05, 0) is 49.4 Å². The van der Waals surface area contributed by atoms with Gasteiger partial charge in [0.15, 0.2) is 0 Å². The van der Waals surface area contributed by atoms with Gasteiger partial charge in [-0.15, -0.1) is 0 Å². The van der Waals surface area contributed by atoms with Crippen LogP contribution in [0.15, 0.2) is 77.7 Å². The Hall–Kier alpha value is -3.98. The molecule has 174 valence electrons. The number of amides is 2. The lowest BCUT2D eigenvalue weighted by molar-refractivity contribution is 0.0420. The number of hydrogen-bond acceptors (Lipinski definition) is 6. The highest BCUT2D eigenvalue weighted by atomic mass is 32.2. The Kier molecular flexibility index (Phi) is 6.21. The minimum absolute atomic E-state index is 0.0424. The first-order valence-electron chi connectivity index (χ1n) is 10.5. The molecule has 3 aromatic carbocycles. The SMILES string of the molecule is Cc1ccc(N(C)S(=O)(=O)c2cccc(C(=O)OCCN3C(=O)c4ccccc4C3=O)c2)cc1. The molecule has 2 amide bonds. The molecule has 0 aromatic heterocycles. The number of fused-ring (bicyclic) bond motifs is 1. The van der Waals surface area contributed by atoms with Crippen molar-refractivity contribution in [2.45, 2.75) is 11.8 Å². The van der Waals surface area contributed by atoms with E-state index in [-0.39, 0.29) is 23.6 Å². The number of imide groups is 1. The van der Waals surface area contributed by atoms with Crippen LogP contribution in [-0.2, 0) is 14.8 Å². The number of sulfonamides is 1. The van der Waals surface area contributed by atoms with Gasteiger partial charge in [-0.25, -0.2) is 13.2 Å². The van der Waals surface area contributed by atoms with E-state index in [1.54, 1.807) is 36.4 Å². The van der Waals surface area contributed by atoms with Crippen molar-refractivity contribution in [1.82, 2.24) is 4.90 Å². The smallest absolute Gasteiger partial charge is 0.338 e. The largest absolute Gasteiger partial charge is 0.460 e. The van der Waals surface area contributed by atoms with Crippen LogP contribution in [0.1, 0.15) is 36.6 Å². The Balaban J connectivity index is 1.43. The normalized spacial score (nSPS) is 13.1. The number of carbonyl (C=O) groups excluding carboxylic acids is 3. The summed E-state index contributed by atoms with van der Waals surface area (Å²) >= 11 is 0. The monoisotopic (exact) mass is 478 g/mol. The van der Waals surface area contributed by atoms with Crippen molar-refractivity contribution in [3.63, 3.8) is 0 Å². The molecule has 1 aliphatic heterocycles. The third kappa shape index (κ3) is 4.29. The van der Waals surface area contributed by atoms with Gasteiger partial charge in [0.25, 0.3) is 21.8 Å². The van der Waals surface area contributed by atoms with Gasteiger partial charge >= 0.3 is 5.97 Å². The maximum Gasteiger partial charge on any atom is 0.338 e. The lowest BCUT2D eigenvalue weighted by Crippen LogP contribution is -2.33. The third-order valence-electron chi connectivity index (χ3n) is 5.55. The maximum atomic E-state index is 13.1. The predicted molar refractivity (Wildman–Crippen MR) is 125 cm³/mol. The maximum absolute atomic E-state index is 13.1. The van der Waals surface area contributed by atoms with Crippen molar-refractivity contribution in [2.24, 2.45) is 0 Å². The molecule has 3 aromatic rings. The van der Waals surface area contributed by atoms with Crippen LogP contribution in [0.4, 0.5) is 5.69 Å². The average Bonchev–Trinajstić information content (AvgIpc) is 3.09.